The van der Waals surface area contributed by atoms with Gasteiger partial charge < -0.3 is 9.88 Å². The third-order valence-corrected chi connectivity index (χ3v) is 4.03. The van der Waals surface area contributed by atoms with Crippen LogP contribution in [0.15, 0.2) is 18.3 Å². The van der Waals surface area contributed by atoms with E-state index in [0.717, 1.165) is 19.0 Å². The predicted molar refractivity (Wildman–Crippen MR) is 93.6 cm³/mol. The van der Waals surface area contributed by atoms with Crippen molar-refractivity contribution >= 4 is 0 Å². The maximum absolute atomic E-state index is 3.54. The van der Waals surface area contributed by atoms with Gasteiger partial charge in [0.2, 0.25) is 0 Å². The summed E-state index contributed by atoms with van der Waals surface area (Å²) in [7, 11) is 0. The van der Waals surface area contributed by atoms with Crippen LogP contribution in [0.3, 0.4) is 0 Å². The van der Waals surface area contributed by atoms with Crippen LogP contribution in [0.4, 0.5) is 0 Å². The summed E-state index contributed by atoms with van der Waals surface area (Å²) in [5, 5.41) is 3.54. The fourth-order valence-electron chi connectivity index (χ4n) is 2.73. The molecule has 0 amide bonds. The van der Waals surface area contributed by atoms with Crippen molar-refractivity contribution < 1.29 is 0 Å². The van der Waals surface area contributed by atoms with Gasteiger partial charge in [-0.15, -0.1) is 0 Å². The zero-order chi connectivity index (χ0) is 15.3. The third-order valence-electron chi connectivity index (χ3n) is 4.03. The zero-order valence-electron chi connectivity index (χ0n) is 14.5. The smallest absolute Gasteiger partial charge is 0.0359 e. The molecule has 0 aliphatic rings. The molecule has 122 valence electrons. The number of nitrogens with one attached hydrogen (secondary N) is 1. The molecular formula is C19H36N2. The topological polar surface area (TPSA) is 17.0 Å². The minimum atomic E-state index is 0.723. The summed E-state index contributed by atoms with van der Waals surface area (Å²) in [6, 6.07) is 4.43. The summed E-state index contributed by atoms with van der Waals surface area (Å²) < 4.78 is 2.42. The van der Waals surface area contributed by atoms with Crippen LogP contribution in [0.5, 0.6) is 0 Å². The number of nitrogens with zero attached hydrogens (tertiary/aromatic N) is 1. The van der Waals surface area contributed by atoms with Crippen molar-refractivity contribution in [3.05, 3.63) is 24.0 Å². The Kier molecular flexibility index (Phi) is 10.3. The minimum Gasteiger partial charge on any atom is -0.350 e. The number of aryl methyl sites for hydroxylation is 1. The Morgan fingerprint density at radius 1 is 1.00 bits per heavy atom. The molecule has 0 fully saturated rings. The molecule has 0 spiro atoms. The first kappa shape index (κ1) is 18.3. The van der Waals surface area contributed by atoms with Crippen LogP contribution >= 0.6 is 0 Å². The molecule has 1 heterocycles. The first-order valence-corrected chi connectivity index (χ1v) is 9.08. The molecule has 1 aromatic rings. The lowest BCUT2D eigenvalue weighted by Crippen LogP contribution is -2.20. The highest BCUT2D eigenvalue weighted by Crippen LogP contribution is 2.10. The van der Waals surface area contributed by atoms with Crippen LogP contribution in [0, 0.1) is 5.92 Å². The quantitative estimate of drug-likeness (QED) is 0.483. The zero-order valence-corrected chi connectivity index (χ0v) is 14.5. The summed E-state index contributed by atoms with van der Waals surface area (Å²) in [4.78, 5) is 0. The number of unbranched alkanes of at least 4 members (excludes halogenated alkanes) is 7. The molecule has 1 N–H and O–H groups in total. The molecule has 1 aromatic heterocycles. The molecule has 0 saturated carbocycles. The van der Waals surface area contributed by atoms with E-state index in [0.29, 0.717) is 0 Å². The highest BCUT2D eigenvalue weighted by atomic mass is 15.0. The van der Waals surface area contributed by atoms with E-state index in [1.807, 2.05) is 0 Å². The van der Waals surface area contributed by atoms with Crippen molar-refractivity contribution in [3.63, 3.8) is 0 Å². The van der Waals surface area contributed by atoms with Gasteiger partial charge in [-0.05, 0) is 31.0 Å². The molecule has 0 aliphatic heterocycles. The second kappa shape index (κ2) is 11.9. The standard InChI is InChI=1S/C19H36N2/c1-4-5-6-7-8-9-10-11-14-21-15-12-13-19(21)17-20-16-18(2)3/h12-13,15,18,20H,4-11,14,16-17H2,1-3H3. The largest absolute Gasteiger partial charge is 0.350 e. The van der Waals surface area contributed by atoms with E-state index in [1.165, 1.54) is 63.6 Å². The molecule has 0 aromatic carbocycles. The lowest BCUT2D eigenvalue weighted by Gasteiger charge is -2.11. The van der Waals surface area contributed by atoms with Gasteiger partial charge in [-0.3, -0.25) is 0 Å². The van der Waals surface area contributed by atoms with Crippen LogP contribution in [0.1, 0.15) is 77.8 Å². The highest BCUT2D eigenvalue weighted by Gasteiger charge is 2.01. The first-order valence-electron chi connectivity index (χ1n) is 9.08. The Bertz CT molecular complexity index is 341. The Balaban J connectivity index is 2.08. The molecule has 2 nitrogen and oxygen atoms in total. The Morgan fingerprint density at radius 3 is 2.33 bits per heavy atom. The number of hydrogen-bond acceptors (Lipinski definition) is 1. The van der Waals surface area contributed by atoms with E-state index >= 15 is 0 Å². The van der Waals surface area contributed by atoms with Gasteiger partial charge in [0.15, 0.2) is 0 Å². The van der Waals surface area contributed by atoms with Gasteiger partial charge in [0.05, 0.1) is 0 Å². The molecule has 0 atom stereocenters. The lowest BCUT2D eigenvalue weighted by molar-refractivity contribution is 0.514. The van der Waals surface area contributed by atoms with E-state index in [2.05, 4.69) is 49.0 Å². The normalized spacial score (nSPS) is 11.4. The predicted octanol–water partition coefficient (Wildman–Crippen LogP) is 5.37. The second-order valence-corrected chi connectivity index (χ2v) is 6.69. The number of rotatable bonds is 13. The van der Waals surface area contributed by atoms with E-state index in [1.54, 1.807) is 0 Å². The Morgan fingerprint density at radius 2 is 1.67 bits per heavy atom. The molecule has 0 unspecified atom stereocenters. The van der Waals surface area contributed by atoms with Crippen LogP contribution in [0.25, 0.3) is 0 Å². The molecule has 0 aliphatic carbocycles. The van der Waals surface area contributed by atoms with E-state index < -0.39 is 0 Å². The van der Waals surface area contributed by atoms with Gasteiger partial charge in [-0.1, -0.05) is 65.7 Å². The van der Waals surface area contributed by atoms with Crippen LogP contribution < -0.4 is 5.32 Å². The molecule has 0 bridgehead atoms. The Hall–Kier alpha value is -0.760. The van der Waals surface area contributed by atoms with Crippen molar-refractivity contribution in [2.45, 2.75) is 85.2 Å². The fourth-order valence-corrected chi connectivity index (χ4v) is 2.73. The third kappa shape index (κ3) is 8.98. The first-order chi connectivity index (χ1) is 10.2. The van der Waals surface area contributed by atoms with Gasteiger partial charge >= 0.3 is 0 Å². The minimum absolute atomic E-state index is 0.723. The van der Waals surface area contributed by atoms with E-state index in [4.69, 9.17) is 0 Å². The maximum atomic E-state index is 3.54. The maximum Gasteiger partial charge on any atom is 0.0359 e. The van der Waals surface area contributed by atoms with Gasteiger partial charge in [0.25, 0.3) is 0 Å². The van der Waals surface area contributed by atoms with Crippen LogP contribution in [0.2, 0.25) is 0 Å². The number of hydrogen-bond donors (Lipinski definition) is 1. The molecule has 0 saturated heterocycles. The summed E-state index contributed by atoms with van der Waals surface area (Å²) in [6.45, 7) is 10.1. The molecule has 21 heavy (non-hydrogen) atoms. The molecule has 2 heteroatoms. The van der Waals surface area contributed by atoms with Gasteiger partial charge in [0, 0.05) is 25.0 Å². The lowest BCUT2D eigenvalue weighted by atomic mass is 10.1. The van der Waals surface area contributed by atoms with Crippen molar-refractivity contribution in [3.8, 4) is 0 Å². The second-order valence-electron chi connectivity index (χ2n) is 6.69. The van der Waals surface area contributed by atoms with E-state index in [9.17, 15) is 0 Å². The summed E-state index contributed by atoms with van der Waals surface area (Å²) in [6.07, 6.45) is 13.4. The van der Waals surface area contributed by atoms with Crippen LogP contribution in [-0.2, 0) is 13.1 Å². The summed E-state index contributed by atoms with van der Waals surface area (Å²) >= 11 is 0. The van der Waals surface area contributed by atoms with Crippen molar-refractivity contribution in [2.24, 2.45) is 5.92 Å². The van der Waals surface area contributed by atoms with Gasteiger partial charge in [-0.2, -0.15) is 0 Å². The van der Waals surface area contributed by atoms with Gasteiger partial charge in [0.1, 0.15) is 0 Å². The SMILES string of the molecule is CCCCCCCCCCn1cccc1CNCC(C)C. The number of aromatic nitrogens is 1. The van der Waals surface area contributed by atoms with E-state index in [-0.39, 0.29) is 0 Å². The van der Waals surface area contributed by atoms with Crippen molar-refractivity contribution in [2.75, 3.05) is 6.54 Å². The highest BCUT2D eigenvalue weighted by molar-refractivity contribution is 5.06. The average Bonchev–Trinajstić information content (AvgIpc) is 2.89. The molecule has 0 radical (unpaired) electrons. The molecule has 1 rings (SSSR count). The fraction of sp³-hybridized carbons (Fsp3) is 0.789. The van der Waals surface area contributed by atoms with Gasteiger partial charge in [-0.25, -0.2) is 0 Å². The molecular weight excluding hydrogens is 256 g/mol. The Labute approximate surface area is 132 Å². The van der Waals surface area contributed by atoms with Crippen LogP contribution in [-0.4, -0.2) is 11.1 Å². The summed E-state index contributed by atoms with van der Waals surface area (Å²) in [5.41, 5.74) is 1.43. The average molecular weight is 293 g/mol. The monoisotopic (exact) mass is 292 g/mol. The summed E-state index contributed by atoms with van der Waals surface area (Å²) in [5.74, 6) is 0.723. The van der Waals surface area contributed by atoms with Crippen molar-refractivity contribution in [1.82, 2.24) is 9.88 Å². The van der Waals surface area contributed by atoms with Crippen molar-refractivity contribution in [1.29, 1.82) is 0 Å².